The van der Waals surface area contributed by atoms with Gasteiger partial charge in [-0.1, -0.05) is 136 Å². The number of nitrogens with zero attached hydrogens (tertiary/aromatic N) is 8. The number of hydrogen-bond acceptors (Lipinski definition) is 6. The summed E-state index contributed by atoms with van der Waals surface area (Å²) in [6.07, 6.45) is 19.4. The molecule has 0 saturated carbocycles. The van der Waals surface area contributed by atoms with Gasteiger partial charge in [0.1, 0.15) is 18.9 Å². The number of rotatable bonds is 14. The molecule has 0 spiro atoms. The smallest absolute Gasteiger partial charge is 0.295 e. The van der Waals surface area contributed by atoms with Gasteiger partial charge in [0.2, 0.25) is 6.33 Å². The van der Waals surface area contributed by atoms with E-state index in [0.29, 0.717) is 0 Å². The molecule has 0 amide bonds. The summed E-state index contributed by atoms with van der Waals surface area (Å²) >= 11 is 1.61. The van der Waals surface area contributed by atoms with E-state index in [2.05, 4.69) is 197 Å². The molecule has 0 aliphatic carbocycles. The first-order valence-corrected chi connectivity index (χ1v) is 29.3. The standard InChI is InChI=1S/2C18H21N2.2C16H11N2.BrH.ClH.2Pt/c2*1-2-3-10-19-11-12-20(15-19)14-16-8-9-17-6-4-5-7-18(17)13-16;2*1-2-7-13(8-3-1)14-10-6-11-16(18-14)15-9-4-5-12-17-15;;;;/h2*4-9,11-13,15H,2-3,10,14H2,1H3;2*1-7,9-12H;2*1H;;/q-1;+1;2*-1;;;2*+2/p-1. The molecule has 6 heterocycles. The summed E-state index contributed by atoms with van der Waals surface area (Å²) in [6.45, 7) is 10.8. The van der Waals surface area contributed by atoms with Crippen LogP contribution in [0.3, 0.4) is 0 Å². The third-order valence-corrected chi connectivity index (χ3v) is 12.7. The fourth-order valence-corrected chi connectivity index (χ4v) is 8.69. The van der Waals surface area contributed by atoms with Gasteiger partial charge in [-0.2, -0.15) is 6.67 Å². The largest absolute Gasteiger partial charge is 2.00 e. The Morgan fingerprint density at radius 2 is 0.975 bits per heavy atom. The van der Waals surface area contributed by atoms with Crippen LogP contribution >= 0.6 is 26.4 Å². The number of aromatic nitrogens is 6. The van der Waals surface area contributed by atoms with Gasteiger partial charge in [-0.05, 0) is 124 Å². The second kappa shape index (κ2) is 34.3. The van der Waals surface area contributed by atoms with Crippen LogP contribution in [0.25, 0.3) is 66.8 Å². The maximum atomic E-state index is 4.62. The van der Waals surface area contributed by atoms with E-state index >= 15 is 0 Å². The summed E-state index contributed by atoms with van der Waals surface area (Å²) in [5.41, 5.74) is 10.0. The van der Waals surface area contributed by atoms with Crippen LogP contribution in [0.2, 0.25) is 0 Å². The maximum absolute atomic E-state index is 4.62. The quantitative estimate of drug-likeness (QED) is 0.0798. The Hall–Kier alpha value is -6.86. The van der Waals surface area contributed by atoms with E-state index in [1.54, 1.807) is 31.2 Å². The predicted molar refractivity (Wildman–Crippen MR) is 327 cm³/mol. The van der Waals surface area contributed by atoms with E-state index in [1.165, 1.54) is 58.4 Å². The molecule has 0 fully saturated rings. The first-order valence-electron chi connectivity index (χ1n) is 26.4. The minimum atomic E-state index is 0. The molecule has 0 atom stereocenters. The predicted octanol–water partition coefficient (Wildman–Crippen LogP) is 16.6. The van der Waals surface area contributed by atoms with Crippen LogP contribution in [0.15, 0.2) is 250 Å². The molecule has 6 aromatic carbocycles. The van der Waals surface area contributed by atoms with Crippen molar-refractivity contribution in [3.05, 3.63) is 280 Å². The number of fused-ring (bicyclic) bond motifs is 2. The van der Waals surface area contributed by atoms with Gasteiger partial charge in [-0.25, -0.2) is 9.13 Å². The molecular weight excluding hydrogens is 1430 g/mol. The molecular formula is C68H65BrClN8Pt2+. The average molecular weight is 1500 g/mol. The topological polar surface area (TPSA) is 66.8 Å². The number of aryl methyl sites for hydroxylation is 1. The molecule has 0 saturated heterocycles. The first-order chi connectivity index (χ1) is 38.6. The van der Waals surface area contributed by atoms with Crippen LogP contribution in [0.4, 0.5) is 0 Å². The molecule has 5 aromatic heterocycles. The van der Waals surface area contributed by atoms with Gasteiger partial charge in [-0.15, -0.1) is 88.8 Å². The molecule has 1 aliphatic rings. The van der Waals surface area contributed by atoms with E-state index in [9.17, 15) is 0 Å². The Bertz CT molecular complexity index is 3310. The van der Waals surface area contributed by atoms with Crippen LogP contribution < -0.4 is 4.57 Å². The van der Waals surface area contributed by atoms with E-state index in [-0.39, 0.29) is 38.0 Å². The Labute approximate surface area is 513 Å². The van der Waals surface area contributed by atoms with Crippen LogP contribution in [0.5, 0.6) is 0 Å². The van der Waals surface area contributed by atoms with E-state index < -0.39 is 0 Å². The van der Waals surface area contributed by atoms with Gasteiger partial charge in [0, 0.05) is 18.9 Å². The van der Waals surface area contributed by atoms with Crippen molar-refractivity contribution in [3.63, 3.8) is 0 Å². The average Bonchev–Trinajstić information content (AvgIpc) is 4.19. The second-order valence-corrected chi connectivity index (χ2v) is 18.5. The van der Waals surface area contributed by atoms with Crippen molar-refractivity contribution < 1.29 is 44.4 Å². The van der Waals surface area contributed by atoms with Crippen LogP contribution in [-0.4, -0.2) is 40.8 Å². The van der Waals surface area contributed by atoms with E-state index in [0.717, 1.165) is 71.5 Å². The fourth-order valence-electron chi connectivity index (χ4n) is 8.69. The van der Waals surface area contributed by atoms with Crippen molar-refractivity contribution >= 4 is 47.9 Å². The molecule has 12 rings (SSSR count). The van der Waals surface area contributed by atoms with Crippen LogP contribution in [0, 0.1) is 18.8 Å². The number of benzene rings is 6. The Morgan fingerprint density at radius 3 is 1.50 bits per heavy atom. The zero-order valence-electron chi connectivity index (χ0n) is 44.9. The summed E-state index contributed by atoms with van der Waals surface area (Å²) < 4.78 is 4.52. The minimum Gasteiger partial charge on any atom is -0.295 e. The monoisotopic (exact) mass is 1500 g/mol. The molecule has 0 unspecified atom stereocenters. The molecule has 0 bridgehead atoms. The summed E-state index contributed by atoms with van der Waals surface area (Å²) in [4.78, 5) is 22.4. The third kappa shape index (κ3) is 19.2. The normalized spacial score (nSPS) is 11.1. The molecule has 1 aliphatic heterocycles. The van der Waals surface area contributed by atoms with Gasteiger partial charge < -0.3 is 9.80 Å². The molecule has 0 N–H and O–H groups in total. The Kier molecular flexibility index (Phi) is 26.7. The van der Waals surface area contributed by atoms with Crippen molar-refractivity contribution in [2.24, 2.45) is 0 Å². The number of unbranched alkanes of at least 4 members (excludes halogenated alkanes) is 2. The molecule has 11 aromatic rings. The zero-order chi connectivity index (χ0) is 54.0. The molecule has 410 valence electrons. The van der Waals surface area contributed by atoms with Crippen molar-refractivity contribution in [2.45, 2.75) is 59.2 Å². The van der Waals surface area contributed by atoms with Gasteiger partial charge in [-0.3, -0.25) is 19.9 Å². The van der Waals surface area contributed by atoms with Crippen LogP contribution in [0.1, 0.15) is 50.7 Å². The van der Waals surface area contributed by atoms with Gasteiger partial charge in [0.25, 0.3) is 0 Å². The van der Waals surface area contributed by atoms with Crippen molar-refractivity contribution in [1.82, 2.24) is 34.3 Å². The number of halogens is 2. The summed E-state index contributed by atoms with van der Waals surface area (Å²) in [7, 11) is 4.61. The number of pyridine rings is 4. The molecule has 12 heteroatoms. The minimum absolute atomic E-state index is 0. The van der Waals surface area contributed by atoms with E-state index in [1.807, 2.05) is 121 Å². The fraction of sp³-hybridized carbons (Fsp3) is 0.147. The van der Waals surface area contributed by atoms with Crippen molar-refractivity contribution in [2.75, 3.05) is 6.54 Å². The second-order valence-electron chi connectivity index (χ2n) is 18.5. The zero-order valence-corrected chi connectivity index (χ0v) is 51.9. The summed E-state index contributed by atoms with van der Waals surface area (Å²) in [5, 5.41) is 5.25. The Balaban J connectivity index is 0.000000169. The van der Waals surface area contributed by atoms with Crippen molar-refractivity contribution in [1.29, 1.82) is 0 Å². The third-order valence-electron chi connectivity index (χ3n) is 12.7. The summed E-state index contributed by atoms with van der Waals surface area (Å²) in [6, 6.07) is 76.0. The van der Waals surface area contributed by atoms with Gasteiger partial charge in [0.05, 0.1) is 29.3 Å². The van der Waals surface area contributed by atoms with E-state index in [4.69, 9.17) is 0 Å². The van der Waals surface area contributed by atoms with Crippen LogP contribution in [-0.2, 0) is 59.5 Å². The van der Waals surface area contributed by atoms with Gasteiger partial charge in [0.15, 0.2) is 0 Å². The van der Waals surface area contributed by atoms with Crippen molar-refractivity contribution in [3.8, 4) is 45.3 Å². The molecule has 0 radical (unpaired) electrons. The Morgan fingerprint density at radius 1 is 0.500 bits per heavy atom. The molecule has 8 nitrogen and oxygen atoms in total. The maximum Gasteiger partial charge on any atom is 2.00 e. The van der Waals surface area contributed by atoms with Gasteiger partial charge >= 0.3 is 49.3 Å². The number of hydrogen-bond donors (Lipinski definition) is 0. The molecule has 80 heavy (non-hydrogen) atoms. The SMILES string of the molecule is Br.CCCCN1C=CN(Cc2ccc3ccccc3c2)[CH-]1.CCCCn1cc[n+](Cc2ccc3ccccc3c2)c1.[Cl][Pt+].[Pt+2].[c-]1ccccc1-c1cccc(-c2ccccn2)n1.[c-]1ccccc1-c1cccc(-c2ccccn2)n1. The summed E-state index contributed by atoms with van der Waals surface area (Å²) in [5.74, 6) is 0. The number of imidazole rings is 1. The first kappa shape index (κ1) is 62.3.